The average molecular weight is 263 g/mol. The quantitative estimate of drug-likeness (QED) is 0.897. The molecule has 1 aromatic heterocycles. The molecule has 3 rings (SSSR count). The van der Waals surface area contributed by atoms with Crippen LogP contribution in [0.5, 0.6) is 0 Å². The summed E-state index contributed by atoms with van der Waals surface area (Å²) in [5.41, 5.74) is 1.70. The van der Waals surface area contributed by atoms with E-state index in [2.05, 4.69) is 10.4 Å². The van der Waals surface area contributed by atoms with Gasteiger partial charge in [0, 0.05) is 5.56 Å². The van der Waals surface area contributed by atoms with Gasteiger partial charge in [0.25, 0.3) is 5.91 Å². The van der Waals surface area contributed by atoms with Crippen LogP contribution in [-0.4, -0.2) is 15.7 Å². The van der Waals surface area contributed by atoms with Crippen LogP contribution in [0.25, 0.3) is 0 Å². The second-order valence-corrected chi connectivity index (χ2v) is 4.45. The number of nitrogens with zero attached hydrogens (tertiary/aromatic N) is 2. The molecule has 1 aliphatic heterocycles. The molecule has 0 fully saturated rings. The van der Waals surface area contributed by atoms with E-state index in [1.807, 2.05) is 0 Å². The molecular weight excluding hydrogens is 252 g/mol. The minimum atomic E-state index is -0.612. The van der Waals surface area contributed by atoms with Crippen LogP contribution in [0, 0.1) is 18.6 Å². The van der Waals surface area contributed by atoms with Gasteiger partial charge < -0.3 is 5.32 Å². The van der Waals surface area contributed by atoms with Gasteiger partial charge >= 0.3 is 0 Å². The number of amides is 1. The SMILES string of the molecule is Cc1nn(Cc2c(F)cccc2F)c2c1C(=O)NC2. The van der Waals surface area contributed by atoms with Crippen LogP contribution in [0.1, 0.15) is 27.3 Å². The number of nitrogens with one attached hydrogen (secondary N) is 1. The third-order valence-corrected chi connectivity index (χ3v) is 3.25. The predicted octanol–water partition coefficient (Wildman–Crippen LogP) is 1.76. The Morgan fingerprint density at radius 2 is 2.05 bits per heavy atom. The molecule has 1 aromatic carbocycles. The molecule has 0 unspecified atom stereocenters. The first-order valence-corrected chi connectivity index (χ1v) is 5.85. The van der Waals surface area contributed by atoms with Crippen LogP contribution < -0.4 is 5.32 Å². The molecule has 1 amide bonds. The summed E-state index contributed by atoms with van der Waals surface area (Å²) in [5.74, 6) is -1.41. The number of benzene rings is 1. The van der Waals surface area contributed by atoms with Crippen LogP contribution in [0.2, 0.25) is 0 Å². The maximum absolute atomic E-state index is 13.6. The summed E-state index contributed by atoms with van der Waals surface area (Å²) >= 11 is 0. The first-order chi connectivity index (χ1) is 9.08. The summed E-state index contributed by atoms with van der Waals surface area (Å²) in [7, 11) is 0. The van der Waals surface area contributed by atoms with E-state index in [4.69, 9.17) is 0 Å². The van der Waals surface area contributed by atoms with Gasteiger partial charge in [0.1, 0.15) is 11.6 Å². The van der Waals surface area contributed by atoms with E-state index < -0.39 is 11.6 Å². The van der Waals surface area contributed by atoms with Gasteiger partial charge in [-0.3, -0.25) is 9.48 Å². The number of fused-ring (bicyclic) bond motifs is 1. The van der Waals surface area contributed by atoms with Crippen molar-refractivity contribution in [2.45, 2.75) is 20.0 Å². The number of halogens is 2. The van der Waals surface area contributed by atoms with Crippen molar-refractivity contribution in [1.82, 2.24) is 15.1 Å². The van der Waals surface area contributed by atoms with Crippen molar-refractivity contribution >= 4 is 5.91 Å². The third kappa shape index (κ3) is 1.80. The molecule has 0 aliphatic carbocycles. The van der Waals surface area contributed by atoms with E-state index in [0.29, 0.717) is 23.5 Å². The minimum absolute atomic E-state index is 0.0242. The average Bonchev–Trinajstić information content (AvgIpc) is 2.88. The molecule has 0 spiro atoms. The molecule has 0 saturated carbocycles. The fourth-order valence-electron chi connectivity index (χ4n) is 2.32. The lowest BCUT2D eigenvalue weighted by atomic mass is 10.2. The van der Waals surface area contributed by atoms with Gasteiger partial charge in [-0.1, -0.05) is 6.07 Å². The highest BCUT2D eigenvalue weighted by Crippen LogP contribution is 2.21. The second-order valence-electron chi connectivity index (χ2n) is 4.45. The second kappa shape index (κ2) is 4.15. The van der Waals surface area contributed by atoms with Crippen molar-refractivity contribution in [2.75, 3.05) is 0 Å². The number of hydrogen-bond acceptors (Lipinski definition) is 2. The topological polar surface area (TPSA) is 46.9 Å². The molecule has 0 radical (unpaired) electrons. The third-order valence-electron chi connectivity index (χ3n) is 3.25. The van der Waals surface area contributed by atoms with E-state index in [1.54, 1.807) is 6.92 Å². The van der Waals surface area contributed by atoms with Gasteiger partial charge in [-0.25, -0.2) is 8.78 Å². The van der Waals surface area contributed by atoms with Crippen LogP contribution in [-0.2, 0) is 13.1 Å². The molecule has 6 heteroatoms. The monoisotopic (exact) mass is 263 g/mol. The van der Waals surface area contributed by atoms with E-state index in [0.717, 1.165) is 0 Å². The van der Waals surface area contributed by atoms with E-state index >= 15 is 0 Å². The molecular formula is C13H11F2N3O. The summed E-state index contributed by atoms with van der Waals surface area (Å²) in [6, 6.07) is 3.73. The molecule has 1 N–H and O–H groups in total. The van der Waals surface area contributed by atoms with Crippen LogP contribution in [0.15, 0.2) is 18.2 Å². The standard InChI is InChI=1S/C13H11F2N3O/c1-7-12-11(5-16-13(12)19)18(17-7)6-8-9(14)3-2-4-10(8)15/h2-4H,5-6H2,1H3,(H,16,19). The highest BCUT2D eigenvalue weighted by atomic mass is 19.1. The molecule has 1 aliphatic rings. The zero-order valence-corrected chi connectivity index (χ0v) is 10.2. The molecule has 19 heavy (non-hydrogen) atoms. The number of rotatable bonds is 2. The predicted molar refractivity (Wildman–Crippen MR) is 63.6 cm³/mol. The van der Waals surface area contributed by atoms with Gasteiger partial charge in [0.05, 0.1) is 30.0 Å². The largest absolute Gasteiger partial charge is 0.346 e. The van der Waals surface area contributed by atoms with E-state index in [-0.39, 0.29) is 18.0 Å². The Hall–Kier alpha value is -2.24. The molecule has 0 saturated heterocycles. The van der Waals surface area contributed by atoms with Crippen LogP contribution in [0.4, 0.5) is 8.78 Å². The van der Waals surface area contributed by atoms with Crippen LogP contribution >= 0.6 is 0 Å². The Kier molecular flexibility index (Phi) is 2.58. The number of aryl methyl sites for hydroxylation is 1. The fraction of sp³-hybridized carbons (Fsp3) is 0.231. The van der Waals surface area contributed by atoms with Crippen LogP contribution in [0.3, 0.4) is 0 Å². The first-order valence-electron chi connectivity index (χ1n) is 5.85. The molecule has 0 bridgehead atoms. The van der Waals surface area contributed by atoms with Crippen molar-refractivity contribution in [2.24, 2.45) is 0 Å². The van der Waals surface area contributed by atoms with Gasteiger partial charge in [-0.2, -0.15) is 5.10 Å². The number of aromatic nitrogens is 2. The zero-order chi connectivity index (χ0) is 13.6. The maximum Gasteiger partial charge on any atom is 0.255 e. The number of carbonyl (C=O) groups is 1. The highest BCUT2D eigenvalue weighted by molar-refractivity contribution is 5.98. The summed E-state index contributed by atoms with van der Waals surface area (Å²) in [6.45, 7) is 2.02. The van der Waals surface area contributed by atoms with E-state index in [1.165, 1.54) is 22.9 Å². The highest BCUT2D eigenvalue weighted by Gasteiger charge is 2.27. The van der Waals surface area contributed by atoms with Crippen molar-refractivity contribution in [3.63, 3.8) is 0 Å². The summed E-state index contributed by atoms with van der Waals surface area (Å²) in [4.78, 5) is 11.6. The molecule has 0 atom stereocenters. The Balaban J connectivity index is 2.04. The summed E-state index contributed by atoms with van der Waals surface area (Å²) in [6.07, 6.45) is 0. The lowest BCUT2D eigenvalue weighted by molar-refractivity contribution is 0.0965. The molecule has 98 valence electrons. The van der Waals surface area contributed by atoms with Crippen molar-refractivity contribution < 1.29 is 13.6 Å². The Morgan fingerprint density at radius 1 is 1.37 bits per heavy atom. The Morgan fingerprint density at radius 3 is 2.74 bits per heavy atom. The lowest BCUT2D eigenvalue weighted by Gasteiger charge is -2.07. The smallest absolute Gasteiger partial charge is 0.255 e. The number of carbonyl (C=O) groups excluding carboxylic acids is 1. The number of hydrogen-bond donors (Lipinski definition) is 1. The first kappa shape index (κ1) is 11.8. The molecule has 2 aromatic rings. The van der Waals surface area contributed by atoms with Gasteiger partial charge in [0.15, 0.2) is 0 Å². The van der Waals surface area contributed by atoms with Crippen molar-refractivity contribution in [1.29, 1.82) is 0 Å². The normalized spacial score (nSPS) is 13.5. The van der Waals surface area contributed by atoms with Gasteiger partial charge in [0.2, 0.25) is 0 Å². The molecule has 4 nitrogen and oxygen atoms in total. The molecule has 2 heterocycles. The van der Waals surface area contributed by atoms with Gasteiger partial charge in [-0.15, -0.1) is 0 Å². The Labute approximate surface area is 108 Å². The van der Waals surface area contributed by atoms with Gasteiger partial charge in [-0.05, 0) is 19.1 Å². The summed E-state index contributed by atoms with van der Waals surface area (Å²) < 4.78 is 28.7. The van der Waals surface area contributed by atoms with E-state index in [9.17, 15) is 13.6 Å². The lowest BCUT2D eigenvalue weighted by Crippen LogP contribution is -2.16. The maximum atomic E-state index is 13.6. The Bertz CT molecular complexity index is 659. The fourth-order valence-corrected chi connectivity index (χ4v) is 2.32. The van der Waals surface area contributed by atoms with Crippen molar-refractivity contribution in [3.8, 4) is 0 Å². The minimum Gasteiger partial charge on any atom is -0.346 e. The van der Waals surface area contributed by atoms with Crippen molar-refractivity contribution in [3.05, 3.63) is 52.3 Å². The zero-order valence-electron chi connectivity index (χ0n) is 10.2. The summed E-state index contributed by atoms with van der Waals surface area (Å²) in [5, 5.41) is 6.86.